The average molecular weight is 414 g/mol. The Morgan fingerprint density at radius 3 is 2.37 bits per heavy atom. The maximum Gasteiger partial charge on any atom is 0.249 e. The van der Waals surface area contributed by atoms with Crippen LogP contribution in [-0.2, 0) is 14.4 Å². The zero-order valence-corrected chi connectivity index (χ0v) is 17.4. The molecule has 4 rings (SSSR count). The van der Waals surface area contributed by atoms with Crippen LogP contribution < -0.4 is 16.0 Å². The minimum atomic E-state index is -0.356. The second-order valence-electron chi connectivity index (χ2n) is 8.45. The van der Waals surface area contributed by atoms with Crippen LogP contribution in [0, 0.1) is 0 Å². The van der Waals surface area contributed by atoms with Gasteiger partial charge in [0.25, 0.3) is 0 Å². The Balaban J connectivity index is 1.24. The summed E-state index contributed by atoms with van der Waals surface area (Å²) in [5.41, 5.74) is 2.20. The molecule has 1 aromatic carbocycles. The molecule has 8 nitrogen and oxygen atoms in total. The van der Waals surface area contributed by atoms with Gasteiger partial charge in [-0.05, 0) is 56.0 Å². The maximum absolute atomic E-state index is 12.5. The van der Waals surface area contributed by atoms with Gasteiger partial charge in [0, 0.05) is 38.3 Å². The predicted octanol–water partition coefficient (Wildman–Crippen LogP) is 0.515. The summed E-state index contributed by atoms with van der Waals surface area (Å²) < 4.78 is 0. The van der Waals surface area contributed by atoms with Crippen LogP contribution in [0.4, 0.5) is 5.69 Å². The summed E-state index contributed by atoms with van der Waals surface area (Å²) in [7, 11) is 0. The van der Waals surface area contributed by atoms with Gasteiger partial charge in [-0.2, -0.15) is 0 Å². The standard InChI is InChI=1S/C22H31N5O3/c28-20-6-5-19(22(30)25-20)24-18-3-1-16(2-4-18)17-7-11-26(12-8-17)15-21(29)27-13-9-23-10-14-27/h1-4,17,19,23-24H,5-15H2,(H,25,28,30)/t19-/m0/s1. The monoisotopic (exact) mass is 413 g/mol. The molecule has 1 aromatic rings. The Morgan fingerprint density at radius 1 is 1.00 bits per heavy atom. The van der Waals surface area contributed by atoms with E-state index >= 15 is 0 Å². The van der Waals surface area contributed by atoms with E-state index < -0.39 is 0 Å². The van der Waals surface area contributed by atoms with E-state index in [1.165, 1.54) is 5.56 Å². The number of imide groups is 1. The van der Waals surface area contributed by atoms with Crippen molar-refractivity contribution >= 4 is 23.4 Å². The molecule has 3 aliphatic rings. The first-order valence-electron chi connectivity index (χ1n) is 11.0. The van der Waals surface area contributed by atoms with Crippen molar-refractivity contribution in [3.63, 3.8) is 0 Å². The number of hydrogen-bond acceptors (Lipinski definition) is 6. The number of hydrogen-bond donors (Lipinski definition) is 3. The molecule has 30 heavy (non-hydrogen) atoms. The number of amides is 3. The molecular weight excluding hydrogens is 382 g/mol. The summed E-state index contributed by atoms with van der Waals surface area (Å²) in [5, 5.41) is 8.88. The molecule has 0 unspecified atom stereocenters. The summed E-state index contributed by atoms with van der Waals surface area (Å²) in [6.07, 6.45) is 3.00. The lowest BCUT2D eigenvalue weighted by atomic mass is 9.89. The SMILES string of the molecule is O=C1CC[C@H](Nc2ccc(C3CCN(CC(=O)N4CCNCC4)CC3)cc2)C(=O)N1. The summed E-state index contributed by atoms with van der Waals surface area (Å²) in [5.74, 6) is 0.298. The fourth-order valence-electron chi connectivity index (χ4n) is 4.51. The lowest BCUT2D eigenvalue weighted by Gasteiger charge is -2.34. The van der Waals surface area contributed by atoms with Crippen molar-refractivity contribution in [3.05, 3.63) is 29.8 Å². The normalized spacial score (nSPS) is 23.9. The smallest absolute Gasteiger partial charge is 0.249 e. The molecule has 0 radical (unpaired) electrons. The van der Waals surface area contributed by atoms with E-state index in [4.69, 9.17) is 0 Å². The van der Waals surface area contributed by atoms with Crippen molar-refractivity contribution in [2.75, 3.05) is 51.1 Å². The third-order valence-electron chi connectivity index (χ3n) is 6.38. The third kappa shape index (κ3) is 5.17. The Bertz CT molecular complexity index is 767. The third-order valence-corrected chi connectivity index (χ3v) is 6.38. The van der Waals surface area contributed by atoms with Gasteiger partial charge >= 0.3 is 0 Å². The first kappa shape index (κ1) is 20.8. The first-order chi connectivity index (χ1) is 14.6. The van der Waals surface area contributed by atoms with Crippen LogP contribution in [0.1, 0.15) is 37.2 Å². The van der Waals surface area contributed by atoms with Crippen molar-refractivity contribution in [1.29, 1.82) is 0 Å². The maximum atomic E-state index is 12.5. The molecule has 0 spiro atoms. The van der Waals surface area contributed by atoms with Gasteiger partial charge in [-0.3, -0.25) is 24.6 Å². The number of likely N-dealkylation sites (tertiary alicyclic amines) is 1. The van der Waals surface area contributed by atoms with E-state index in [2.05, 4.69) is 33.0 Å². The minimum absolute atomic E-state index is 0.200. The lowest BCUT2D eigenvalue weighted by molar-refractivity contribution is -0.134. The van der Waals surface area contributed by atoms with E-state index in [0.717, 1.165) is 57.8 Å². The highest BCUT2D eigenvalue weighted by atomic mass is 16.2. The van der Waals surface area contributed by atoms with E-state index in [1.54, 1.807) is 0 Å². The topological polar surface area (TPSA) is 93.8 Å². The van der Waals surface area contributed by atoms with Crippen molar-refractivity contribution in [3.8, 4) is 0 Å². The van der Waals surface area contributed by atoms with E-state index in [-0.39, 0.29) is 23.8 Å². The second-order valence-corrected chi connectivity index (χ2v) is 8.45. The summed E-state index contributed by atoms with van der Waals surface area (Å²) >= 11 is 0. The molecule has 3 saturated heterocycles. The zero-order valence-electron chi connectivity index (χ0n) is 17.4. The van der Waals surface area contributed by atoms with Gasteiger partial charge in [0.2, 0.25) is 17.7 Å². The fourth-order valence-corrected chi connectivity index (χ4v) is 4.51. The molecular formula is C22H31N5O3. The number of rotatable bonds is 5. The number of nitrogens with zero attached hydrogens (tertiary/aromatic N) is 2. The highest BCUT2D eigenvalue weighted by Gasteiger charge is 2.27. The van der Waals surface area contributed by atoms with Gasteiger partial charge in [0.1, 0.15) is 6.04 Å². The highest BCUT2D eigenvalue weighted by molar-refractivity contribution is 6.01. The van der Waals surface area contributed by atoms with Crippen LogP contribution in [-0.4, -0.2) is 79.4 Å². The first-order valence-corrected chi connectivity index (χ1v) is 11.0. The number of benzene rings is 1. The van der Waals surface area contributed by atoms with Gasteiger partial charge in [-0.25, -0.2) is 0 Å². The highest BCUT2D eigenvalue weighted by Crippen LogP contribution is 2.29. The van der Waals surface area contributed by atoms with Crippen LogP contribution in [0.3, 0.4) is 0 Å². The summed E-state index contributed by atoms with van der Waals surface area (Å²) in [4.78, 5) is 39.9. The van der Waals surface area contributed by atoms with Crippen LogP contribution in [0.15, 0.2) is 24.3 Å². The second kappa shape index (κ2) is 9.57. The van der Waals surface area contributed by atoms with Crippen molar-refractivity contribution < 1.29 is 14.4 Å². The molecule has 3 amide bonds. The van der Waals surface area contributed by atoms with Gasteiger partial charge < -0.3 is 15.5 Å². The van der Waals surface area contributed by atoms with Crippen LogP contribution in [0.5, 0.6) is 0 Å². The van der Waals surface area contributed by atoms with E-state index in [0.29, 0.717) is 25.3 Å². The van der Waals surface area contributed by atoms with Crippen molar-refractivity contribution in [1.82, 2.24) is 20.4 Å². The Labute approximate surface area is 177 Å². The zero-order chi connectivity index (χ0) is 20.9. The molecule has 3 fully saturated rings. The van der Waals surface area contributed by atoms with E-state index in [1.807, 2.05) is 17.0 Å². The molecule has 0 saturated carbocycles. The fraction of sp³-hybridized carbons (Fsp3) is 0.591. The molecule has 3 N–H and O–H groups in total. The molecule has 0 bridgehead atoms. The molecule has 3 aliphatic heterocycles. The summed E-state index contributed by atoms with van der Waals surface area (Å²) in [6.45, 7) is 5.83. The Kier molecular flexibility index (Phi) is 6.64. The Morgan fingerprint density at radius 2 is 1.70 bits per heavy atom. The molecule has 0 aliphatic carbocycles. The molecule has 162 valence electrons. The number of carbonyl (C=O) groups is 3. The van der Waals surface area contributed by atoms with Crippen LogP contribution >= 0.6 is 0 Å². The number of piperazine rings is 1. The van der Waals surface area contributed by atoms with E-state index in [9.17, 15) is 14.4 Å². The van der Waals surface area contributed by atoms with Crippen LogP contribution in [0.25, 0.3) is 0 Å². The van der Waals surface area contributed by atoms with Crippen LogP contribution in [0.2, 0.25) is 0 Å². The molecule has 8 heteroatoms. The lowest BCUT2D eigenvalue weighted by Crippen LogP contribution is -2.50. The van der Waals surface area contributed by atoms with Gasteiger partial charge in [-0.1, -0.05) is 12.1 Å². The molecule has 0 aromatic heterocycles. The molecule has 1 atom stereocenters. The average Bonchev–Trinajstić information content (AvgIpc) is 2.77. The molecule has 3 heterocycles. The predicted molar refractivity (Wildman–Crippen MR) is 114 cm³/mol. The van der Waals surface area contributed by atoms with Crippen molar-refractivity contribution in [2.24, 2.45) is 0 Å². The minimum Gasteiger partial charge on any atom is -0.374 e. The number of carbonyl (C=O) groups excluding carboxylic acids is 3. The number of nitrogens with one attached hydrogen (secondary N) is 3. The van der Waals surface area contributed by atoms with Gasteiger partial charge in [-0.15, -0.1) is 0 Å². The van der Waals surface area contributed by atoms with Crippen molar-refractivity contribution in [2.45, 2.75) is 37.6 Å². The quantitative estimate of drug-likeness (QED) is 0.610. The Hall–Kier alpha value is -2.45. The summed E-state index contributed by atoms with van der Waals surface area (Å²) in [6, 6.07) is 7.92. The number of piperidine rings is 2. The van der Waals surface area contributed by atoms with Gasteiger partial charge in [0.05, 0.1) is 6.54 Å². The number of anilines is 1. The van der Waals surface area contributed by atoms with Gasteiger partial charge in [0.15, 0.2) is 0 Å². The largest absolute Gasteiger partial charge is 0.374 e.